The molecule has 0 bridgehead atoms. The minimum Gasteiger partial charge on any atom is -0.385 e. The lowest BCUT2D eigenvalue weighted by atomic mass is 10.2. The first-order chi connectivity index (χ1) is 12.7. The van der Waals surface area contributed by atoms with Crippen LogP contribution in [0.25, 0.3) is 0 Å². The fourth-order valence-corrected chi connectivity index (χ4v) is 2.37. The van der Waals surface area contributed by atoms with Crippen molar-refractivity contribution in [3.8, 4) is 0 Å². The average molecular weight is 491 g/mol. The van der Waals surface area contributed by atoms with Gasteiger partial charge < -0.3 is 25.6 Å². The van der Waals surface area contributed by atoms with Gasteiger partial charge in [-0.15, -0.1) is 24.0 Å². The molecule has 0 radical (unpaired) electrons. The molecule has 0 aliphatic heterocycles. The van der Waals surface area contributed by atoms with Crippen LogP contribution < -0.4 is 16.0 Å². The van der Waals surface area contributed by atoms with Crippen molar-refractivity contribution in [2.45, 2.75) is 12.8 Å². The van der Waals surface area contributed by atoms with Crippen LogP contribution in [0.1, 0.15) is 23.2 Å². The van der Waals surface area contributed by atoms with Crippen molar-refractivity contribution in [3.63, 3.8) is 0 Å². The molecular formula is C19H34IN5O2. The van der Waals surface area contributed by atoms with Gasteiger partial charge in [0.2, 0.25) is 0 Å². The molecule has 0 aliphatic carbocycles. The number of benzene rings is 1. The molecular weight excluding hydrogens is 457 g/mol. The number of methoxy groups -OCH3 is 1. The third-order valence-corrected chi connectivity index (χ3v) is 3.87. The molecule has 1 amide bonds. The molecule has 0 atom stereocenters. The Morgan fingerprint density at radius 1 is 1.04 bits per heavy atom. The Labute approximate surface area is 180 Å². The van der Waals surface area contributed by atoms with E-state index in [1.165, 1.54) is 0 Å². The highest BCUT2D eigenvalue weighted by Crippen LogP contribution is 1.97. The Morgan fingerprint density at radius 2 is 1.70 bits per heavy atom. The van der Waals surface area contributed by atoms with E-state index in [0.29, 0.717) is 12.1 Å². The smallest absolute Gasteiger partial charge is 0.251 e. The van der Waals surface area contributed by atoms with Crippen molar-refractivity contribution in [1.29, 1.82) is 0 Å². The number of amides is 1. The van der Waals surface area contributed by atoms with Gasteiger partial charge in [-0.2, -0.15) is 0 Å². The van der Waals surface area contributed by atoms with Crippen molar-refractivity contribution >= 4 is 35.8 Å². The highest BCUT2D eigenvalue weighted by Gasteiger charge is 2.03. The van der Waals surface area contributed by atoms with Crippen LogP contribution in [0.2, 0.25) is 0 Å². The number of ether oxygens (including phenoxy) is 1. The summed E-state index contributed by atoms with van der Waals surface area (Å²) in [4.78, 5) is 18.4. The molecule has 3 N–H and O–H groups in total. The van der Waals surface area contributed by atoms with E-state index in [9.17, 15) is 4.79 Å². The molecule has 154 valence electrons. The second-order valence-electron chi connectivity index (χ2n) is 6.05. The average Bonchev–Trinajstić information content (AvgIpc) is 2.67. The van der Waals surface area contributed by atoms with E-state index in [2.05, 4.69) is 32.9 Å². The Balaban J connectivity index is 0.00000676. The first-order valence-electron chi connectivity index (χ1n) is 9.12. The Kier molecular flexibility index (Phi) is 15.9. The van der Waals surface area contributed by atoms with Gasteiger partial charge in [-0.25, -0.2) is 0 Å². The number of hydrogen-bond donors (Lipinski definition) is 3. The lowest BCUT2D eigenvalue weighted by Gasteiger charge is -2.18. The number of aliphatic imine (C=N–C) groups is 1. The van der Waals surface area contributed by atoms with E-state index in [4.69, 9.17) is 4.74 Å². The second kappa shape index (κ2) is 16.8. The Bertz CT molecular complexity index is 528. The van der Waals surface area contributed by atoms with Gasteiger partial charge in [0.15, 0.2) is 5.96 Å². The van der Waals surface area contributed by atoms with Crippen LogP contribution >= 0.6 is 24.0 Å². The minimum atomic E-state index is -0.0374. The maximum Gasteiger partial charge on any atom is 0.251 e. The van der Waals surface area contributed by atoms with E-state index in [1.807, 2.05) is 30.3 Å². The molecule has 1 rings (SSSR count). The summed E-state index contributed by atoms with van der Waals surface area (Å²) in [6.45, 7) is 4.95. The minimum absolute atomic E-state index is 0. The monoisotopic (exact) mass is 491 g/mol. The van der Waals surface area contributed by atoms with E-state index >= 15 is 0 Å². The topological polar surface area (TPSA) is 78.0 Å². The summed E-state index contributed by atoms with van der Waals surface area (Å²) >= 11 is 0. The van der Waals surface area contributed by atoms with Crippen LogP contribution in [0.15, 0.2) is 35.3 Å². The first-order valence-corrected chi connectivity index (χ1v) is 9.12. The maximum absolute atomic E-state index is 11.9. The van der Waals surface area contributed by atoms with Crippen molar-refractivity contribution in [2.75, 3.05) is 60.5 Å². The lowest BCUT2D eigenvalue weighted by molar-refractivity contribution is 0.0953. The summed E-state index contributed by atoms with van der Waals surface area (Å²) < 4.78 is 5.06. The molecule has 0 aliphatic rings. The molecule has 8 heteroatoms. The highest BCUT2D eigenvalue weighted by molar-refractivity contribution is 14.0. The van der Waals surface area contributed by atoms with Crippen molar-refractivity contribution in [3.05, 3.63) is 35.9 Å². The van der Waals surface area contributed by atoms with Gasteiger partial charge in [0.1, 0.15) is 0 Å². The SMILES string of the molecule is CN=C(NCCCNC(=O)c1ccccc1)NCCN(C)CCCOC.I. The van der Waals surface area contributed by atoms with Gasteiger partial charge in [0.25, 0.3) is 5.91 Å². The lowest BCUT2D eigenvalue weighted by Crippen LogP contribution is -2.42. The zero-order chi connectivity index (χ0) is 19.0. The number of likely N-dealkylation sites (N-methyl/N-ethyl adjacent to an activating group) is 1. The quantitative estimate of drug-likeness (QED) is 0.179. The largest absolute Gasteiger partial charge is 0.385 e. The van der Waals surface area contributed by atoms with E-state index < -0.39 is 0 Å². The third-order valence-electron chi connectivity index (χ3n) is 3.87. The molecule has 0 spiro atoms. The molecule has 0 fully saturated rings. The van der Waals surface area contributed by atoms with Crippen molar-refractivity contribution in [1.82, 2.24) is 20.9 Å². The fourth-order valence-electron chi connectivity index (χ4n) is 2.37. The van der Waals surface area contributed by atoms with Gasteiger partial charge in [0.05, 0.1) is 0 Å². The second-order valence-corrected chi connectivity index (χ2v) is 6.05. The number of nitrogens with one attached hydrogen (secondary N) is 3. The molecule has 0 heterocycles. The number of halogens is 1. The van der Waals surface area contributed by atoms with E-state index in [0.717, 1.165) is 51.6 Å². The van der Waals surface area contributed by atoms with Crippen molar-refractivity contribution in [2.24, 2.45) is 4.99 Å². The molecule has 0 saturated carbocycles. The molecule has 7 nitrogen and oxygen atoms in total. The summed E-state index contributed by atoms with van der Waals surface area (Å²) in [5, 5.41) is 9.47. The van der Waals surface area contributed by atoms with Gasteiger partial charge in [-0.05, 0) is 32.0 Å². The molecule has 1 aromatic rings. The molecule has 27 heavy (non-hydrogen) atoms. The summed E-state index contributed by atoms with van der Waals surface area (Å²) in [5.41, 5.74) is 0.688. The predicted octanol–water partition coefficient (Wildman–Crippen LogP) is 1.56. The van der Waals surface area contributed by atoms with Crippen LogP contribution in [-0.4, -0.2) is 77.3 Å². The van der Waals surface area contributed by atoms with Gasteiger partial charge >= 0.3 is 0 Å². The van der Waals surface area contributed by atoms with E-state index in [1.54, 1.807) is 14.2 Å². The number of rotatable bonds is 12. The predicted molar refractivity (Wildman–Crippen MR) is 122 cm³/mol. The van der Waals surface area contributed by atoms with Crippen LogP contribution in [0.3, 0.4) is 0 Å². The van der Waals surface area contributed by atoms with E-state index in [-0.39, 0.29) is 29.9 Å². The standard InChI is InChI=1S/C19H33N5O2.HI/c1-20-19(23-13-15-24(2)14-8-16-26-3)22-12-7-11-21-18(25)17-9-5-4-6-10-17;/h4-6,9-10H,7-8,11-16H2,1-3H3,(H,21,25)(H2,20,22,23);1H. The van der Waals surface area contributed by atoms with Crippen molar-refractivity contribution < 1.29 is 9.53 Å². The third kappa shape index (κ3) is 12.6. The summed E-state index contributed by atoms with van der Waals surface area (Å²) in [6, 6.07) is 9.25. The Morgan fingerprint density at radius 3 is 2.37 bits per heavy atom. The summed E-state index contributed by atoms with van der Waals surface area (Å²) in [7, 11) is 5.59. The zero-order valence-electron chi connectivity index (χ0n) is 16.7. The maximum atomic E-state index is 11.9. The highest BCUT2D eigenvalue weighted by atomic mass is 127. The number of hydrogen-bond acceptors (Lipinski definition) is 4. The number of carbonyl (C=O) groups excluding carboxylic acids is 1. The van der Waals surface area contributed by atoms with Crippen LogP contribution in [0, 0.1) is 0 Å². The molecule has 0 aromatic heterocycles. The number of guanidine groups is 1. The fraction of sp³-hybridized carbons (Fsp3) is 0.579. The first kappa shape index (κ1) is 25.6. The summed E-state index contributed by atoms with van der Waals surface area (Å²) in [5.74, 6) is 0.745. The van der Waals surface area contributed by atoms with Gasteiger partial charge in [-0.3, -0.25) is 9.79 Å². The number of carbonyl (C=O) groups is 1. The van der Waals surface area contributed by atoms with Gasteiger partial charge in [0, 0.05) is 59.1 Å². The van der Waals surface area contributed by atoms with Crippen LogP contribution in [-0.2, 0) is 4.74 Å². The Hall–Kier alpha value is -1.39. The van der Waals surface area contributed by atoms with Crippen LogP contribution in [0.5, 0.6) is 0 Å². The van der Waals surface area contributed by atoms with Gasteiger partial charge in [-0.1, -0.05) is 18.2 Å². The number of nitrogens with zero attached hydrogens (tertiary/aromatic N) is 2. The molecule has 1 aromatic carbocycles. The normalized spacial score (nSPS) is 11.0. The summed E-state index contributed by atoms with van der Waals surface area (Å²) in [6.07, 6.45) is 1.87. The van der Waals surface area contributed by atoms with Crippen LogP contribution in [0.4, 0.5) is 0 Å². The molecule has 0 saturated heterocycles. The zero-order valence-corrected chi connectivity index (χ0v) is 19.0. The molecule has 0 unspecified atom stereocenters.